The lowest BCUT2D eigenvalue weighted by atomic mass is 9.49. The Hall–Kier alpha value is -2.57. The first-order chi connectivity index (χ1) is 15.3. The summed E-state index contributed by atoms with van der Waals surface area (Å²) >= 11 is 0. The van der Waals surface area contributed by atoms with E-state index in [9.17, 15) is 14.4 Å². The minimum atomic E-state index is -0.607. The zero-order chi connectivity index (χ0) is 22.5. The molecule has 7 nitrogen and oxygen atoms in total. The number of nitrogens with two attached hydrogens (primary N) is 1. The van der Waals surface area contributed by atoms with Gasteiger partial charge in [0, 0.05) is 12.2 Å². The fourth-order valence-electron chi connectivity index (χ4n) is 7.35. The zero-order valence-corrected chi connectivity index (χ0v) is 18.8. The molecule has 4 bridgehead atoms. The summed E-state index contributed by atoms with van der Waals surface area (Å²) < 4.78 is 0. The van der Waals surface area contributed by atoms with E-state index in [-0.39, 0.29) is 29.3 Å². The van der Waals surface area contributed by atoms with E-state index in [0.717, 1.165) is 37.7 Å². The lowest BCUT2D eigenvalue weighted by Gasteiger charge is -2.56. The summed E-state index contributed by atoms with van der Waals surface area (Å²) in [6.45, 7) is 2.63. The molecule has 0 radical (unpaired) electrons. The normalized spacial score (nSPS) is 33.7. The second-order valence-electron chi connectivity index (χ2n) is 10.7. The van der Waals surface area contributed by atoms with Gasteiger partial charge in [-0.15, -0.1) is 0 Å². The van der Waals surface area contributed by atoms with Gasteiger partial charge in [-0.3, -0.25) is 9.59 Å². The number of carbonyl (C=O) groups is 3. The highest BCUT2D eigenvalue weighted by Gasteiger charge is 2.56. The van der Waals surface area contributed by atoms with Gasteiger partial charge < -0.3 is 21.3 Å². The number of benzene rings is 1. The summed E-state index contributed by atoms with van der Waals surface area (Å²) in [5, 5.41) is 5.65. The number of primary amides is 1. The highest BCUT2D eigenvalue weighted by Crippen LogP contribution is 2.60. The third kappa shape index (κ3) is 3.86. The van der Waals surface area contributed by atoms with Gasteiger partial charge in [0.2, 0.25) is 11.8 Å². The number of carbonyl (C=O) groups excluding carboxylic acids is 3. The Bertz CT molecular complexity index is 877. The SMILES string of the molecule is CC(NC(=O)C1CCCN1C(=O)C12CC3CC(CC(C3)C1)C2)c1ccc(NC(N)=O)cc1. The number of nitrogens with zero attached hydrogens (tertiary/aromatic N) is 1. The van der Waals surface area contributed by atoms with Crippen molar-refractivity contribution in [3.63, 3.8) is 0 Å². The maximum absolute atomic E-state index is 13.8. The number of urea groups is 1. The average molecular weight is 439 g/mol. The standard InChI is InChI=1S/C25H34N4O3/c1-15(19-4-6-20(7-5-19)28-24(26)32)27-22(30)21-3-2-8-29(21)23(31)25-12-16-9-17(13-25)11-18(10-16)14-25/h4-7,15-18,21H,2-3,8-14H2,1H3,(H,27,30)(H3,26,28,32). The molecule has 1 saturated heterocycles. The van der Waals surface area contributed by atoms with Gasteiger partial charge in [0.05, 0.1) is 11.5 Å². The van der Waals surface area contributed by atoms with Gasteiger partial charge in [-0.25, -0.2) is 4.79 Å². The summed E-state index contributed by atoms with van der Waals surface area (Å²) in [7, 11) is 0. The average Bonchev–Trinajstić information content (AvgIpc) is 3.22. The molecule has 1 aromatic rings. The molecule has 0 aromatic heterocycles. The van der Waals surface area contributed by atoms with Crippen molar-refractivity contribution < 1.29 is 14.4 Å². The molecule has 7 heteroatoms. The van der Waals surface area contributed by atoms with Crippen molar-refractivity contribution in [2.45, 2.75) is 70.4 Å². The molecule has 2 atom stereocenters. The van der Waals surface area contributed by atoms with Crippen molar-refractivity contribution in [1.29, 1.82) is 0 Å². The Balaban J connectivity index is 1.25. The highest BCUT2D eigenvalue weighted by molar-refractivity contribution is 5.91. The third-order valence-corrected chi connectivity index (χ3v) is 8.35. The number of rotatable bonds is 5. The van der Waals surface area contributed by atoms with E-state index in [2.05, 4.69) is 10.6 Å². The monoisotopic (exact) mass is 438 g/mol. The molecular weight excluding hydrogens is 404 g/mol. The van der Waals surface area contributed by atoms with Gasteiger partial charge in [-0.05, 0) is 93.7 Å². The lowest BCUT2D eigenvalue weighted by molar-refractivity contribution is -0.160. The summed E-state index contributed by atoms with van der Waals surface area (Å²) in [4.78, 5) is 39.9. The second kappa shape index (κ2) is 8.09. The molecule has 5 fully saturated rings. The molecular formula is C25H34N4O3. The van der Waals surface area contributed by atoms with E-state index < -0.39 is 6.03 Å². The van der Waals surface area contributed by atoms with Gasteiger partial charge in [0.25, 0.3) is 0 Å². The number of anilines is 1. The van der Waals surface area contributed by atoms with Crippen LogP contribution in [0.5, 0.6) is 0 Å². The van der Waals surface area contributed by atoms with E-state index in [0.29, 0.717) is 30.0 Å². The van der Waals surface area contributed by atoms with Gasteiger partial charge in [0.15, 0.2) is 0 Å². The van der Waals surface area contributed by atoms with Crippen LogP contribution < -0.4 is 16.4 Å². The molecule has 5 aliphatic rings. The minimum Gasteiger partial charge on any atom is -0.351 e. The van der Waals surface area contributed by atoms with E-state index in [1.54, 1.807) is 12.1 Å². The van der Waals surface area contributed by atoms with E-state index in [4.69, 9.17) is 5.73 Å². The number of hydrogen-bond acceptors (Lipinski definition) is 3. The second-order valence-corrected chi connectivity index (χ2v) is 10.7. The predicted octanol–water partition coefficient (Wildman–Crippen LogP) is 3.56. The third-order valence-electron chi connectivity index (χ3n) is 8.35. The molecule has 4 N–H and O–H groups in total. The molecule has 1 aromatic carbocycles. The Morgan fingerprint density at radius 3 is 2.19 bits per heavy atom. The van der Waals surface area contributed by atoms with Gasteiger partial charge >= 0.3 is 6.03 Å². The van der Waals surface area contributed by atoms with Crippen LogP contribution in [0.25, 0.3) is 0 Å². The predicted molar refractivity (Wildman–Crippen MR) is 122 cm³/mol. The Labute approximate surface area is 189 Å². The fourth-order valence-corrected chi connectivity index (χ4v) is 7.35. The summed E-state index contributed by atoms with van der Waals surface area (Å²) in [6.07, 6.45) is 8.64. The molecule has 172 valence electrons. The van der Waals surface area contributed by atoms with Crippen molar-refractivity contribution in [3.8, 4) is 0 Å². The van der Waals surface area contributed by atoms with Crippen LogP contribution in [0.15, 0.2) is 24.3 Å². The van der Waals surface area contributed by atoms with Crippen LogP contribution in [0, 0.1) is 23.2 Å². The van der Waals surface area contributed by atoms with Crippen LogP contribution in [0.3, 0.4) is 0 Å². The van der Waals surface area contributed by atoms with Crippen LogP contribution in [-0.2, 0) is 9.59 Å². The molecule has 4 saturated carbocycles. The Kier molecular flexibility index (Phi) is 5.38. The summed E-state index contributed by atoms with van der Waals surface area (Å²) in [5.41, 5.74) is 6.50. The summed E-state index contributed by atoms with van der Waals surface area (Å²) in [6, 6.07) is 6.09. The molecule has 4 aliphatic carbocycles. The van der Waals surface area contributed by atoms with Gasteiger partial charge in [0.1, 0.15) is 6.04 Å². The number of nitrogens with one attached hydrogen (secondary N) is 2. The van der Waals surface area contributed by atoms with Crippen LogP contribution in [-0.4, -0.2) is 35.3 Å². The highest BCUT2D eigenvalue weighted by atomic mass is 16.2. The number of likely N-dealkylation sites (tertiary alicyclic amines) is 1. The van der Waals surface area contributed by atoms with Crippen molar-refractivity contribution in [2.24, 2.45) is 28.9 Å². The fraction of sp³-hybridized carbons (Fsp3) is 0.640. The lowest BCUT2D eigenvalue weighted by Crippen LogP contribution is -2.57. The van der Waals surface area contributed by atoms with Crippen molar-refractivity contribution in [3.05, 3.63) is 29.8 Å². The molecule has 2 unspecified atom stereocenters. The van der Waals surface area contributed by atoms with Crippen molar-refractivity contribution in [1.82, 2.24) is 10.2 Å². The van der Waals surface area contributed by atoms with Crippen LogP contribution >= 0.6 is 0 Å². The minimum absolute atomic E-state index is 0.0626. The first-order valence-electron chi connectivity index (χ1n) is 12.1. The molecule has 1 aliphatic heterocycles. The molecule has 1 heterocycles. The molecule has 0 spiro atoms. The topological polar surface area (TPSA) is 105 Å². The largest absolute Gasteiger partial charge is 0.351 e. The maximum atomic E-state index is 13.8. The van der Waals surface area contributed by atoms with E-state index >= 15 is 0 Å². The molecule has 6 rings (SSSR count). The number of hydrogen-bond donors (Lipinski definition) is 3. The summed E-state index contributed by atoms with van der Waals surface area (Å²) in [5.74, 6) is 2.34. The van der Waals surface area contributed by atoms with Crippen LogP contribution in [0.1, 0.15) is 69.9 Å². The Morgan fingerprint density at radius 1 is 1.03 bits per heavy atom. The smallest absolute Gasteiger partial charge is 0.316 e. The van der Waals surface area contributed by atoms with Gasteiger partial charge in [-0.1, -0.05) is 12.1 Å². The quantitative estimate of drug-likeness (QED) is 0.655. The molecule has 4 amide bonds. The van der Waals surface area contributed by atoms with E-state index in [1.807, 2.05) is 24.0 Å². The Morgan fingerprint density at radius 2 is 1.62 bits per heavy atom. The van der Waals surface area contributed by atoms with Crippen LogP contribution in [0.4, 0.5) is 10.5 Å². The zero-order valence-electron chi connectivity index (χ0n) is 18.8. The van der Waals surface area contributed by atoms with Crippen molar-refractivity contribution >= 4 is 23.5 Å². The number of amides is 4. The van der Waals surface area contributed by atoms with E-state index in [1.165, 1.54) is 19.3 Å². The van der Waals surface area contributed by atoms with Crippen LogP contribution in [0.2, 0.25) is 0 Å². The maximum Gasteiger partial charge on any atom is 0.316 e. The first kappa shape index (κ1) is 21.3. The van der Waals surface area contributed by atoms with Gasteiger partial charge in [-0.2, -0.15) is 0 Å². The molecule has 32 heavy (non-hydrogen) atoms. The van der Waals surface area contributed by atoms with Crippen molar-refractivity contribution in [2.75, 3.05) is 11.9 Å². The first-order valence-corrected chi connectivity index (χ1v) is 12.1.